The molecule has 0 aliphatic rings. The normalized spacial score (nSPS) is 15.2. The van der Waals surface area contributed by atoms with Gasteiger partial charge in [0.1, 0.15) is 0 Å². The van der Waals surface area contributed by atoms with Crippen LogP contribution in [0.15, 0.2) is 33.5 Å². The molecule has 66 valence electrons. The van der Waals surface area contributed by atoms with E-state index in [4.69, 9.17) is 5.73 Å². The molecular formula is C8H12N2OS. The van der Waals surface area contributed by atoms with Crippen LogP contribution in [-0.4, -0.2) is 17.5 Å². The topological polar surface area (TPSA) is 55.5 Å². The summed E-state index contributed by atoms with van der Waals surface area (Å²) in [5, 5.41) is 0. The van der Waals surface area contributed by atoms with E-state index in [1.54, 1.807) is 37.6 Å². The minimum absolute atomic E-state index is 0.616. The molecular weight excluding hydrogens is 172 g/mol. The molecule has 0 bridgehead atoms. The van der Waals surface area contributed by atoms with Crippen LogP contribution in [0.3, 0.4) is 0 Å². The van der Waals surface area contributed by atoms with Crippen molar-refractivity contribution in [1.82, 2.24) is 0 Å². The summed E-state index contributed by atoms with van der Waals surface area (Å²) in [6.07, 6.45) is 1.60. The van der Waals surface area contributed by atoms with Crippen LogP contribution < -0.4 is 5.73 Å². The maximum atomic E-state index is 11.7. The molecule has 0 aliphatic heterocycles. The fraction of sp³-hybridized carbons (Fsp3) is 0.250. The lowest BCUT2D eigenvalue weighted by atomic mass is 10.3. The number of hydrogen-bond donors (Lipinski definition) is 1. The predicted octanol–water partition coefficient (Wildman–Crippen LogP) is 1.36. The van der Waals surface area contributed by atoms with Gasteiger partial charge in [-0.25, -0.2) is 8.57 Å². The first-order valence-electron chi connectivity index (χ1n) is 3.52. The van der Waals surface area contributed by atoms with Gasteiger partial charge >= 0.3 is 0 Å². The molecule has 0 radical (unpaired) electrons. The van der Waals surface area contributed by atoms with E-state index in [0.29, 0.717) is 10.6 Å². The van der Waals surface area contributed by atoms with Gasteiger partial charge in [0.05, 0.1) is 9.73 Å². The third-order valence-electron chi connectivity index (χ3n) is 1.64. The summed E-state index contributed by atoms with van der Waals surface area (Å²) in [6.45, 7) is 0. The molecule has 0 spiro atoms. The second-order valence-corrected chi connectivity index (χ2v) is 5.00. The lowest BCUT2D eigenvalue weighted by Crippen LogP contribution is -1.97. The Morgan fingerprint density at radius 2 is 2.17 bits per heavy atom. The van der Waals surface area contributed by atoms with Crippen molar-refractivity contribution in [2.24, 2.45) is 4.36 Å². The van der Waals surface area contributed by atoms with Gasteiger partial charge in [0.15, 0.2) is 0 Å². The van der Waals surface area contributed by atoms with Crippen LogP contribution in [0.5, 0.6) is 0 Å². The first-order valence-corrected chi connectivity index (χ1v) is 5.44. The van der Waals surface area contributed by atoms with E-state index < -0.39 is 9.73 Å². The van der Waals surface area contributed by atoms with Crippen LogP contribution in [0, 0.1) is 0 Å². The largest absolute Gasteiger partial charge is 0.399 e. The zero-order valence-corrected chi connectivity index (χ0v) is 7.97. The number of anilines is 1. The van der Waals surface area contributed by atoms with E-state index in [1.165, 1.54) is 0 Å². The van der Waals surface area contributed by atoms with Crippen molar-refractivity contribution < 1.29 is 4.21 Å². The number of benzene rings is 1. The maximum absolute atomic E-state index is 11.7. The zero-order chi connectivity index (χ0) is 9.19. The predicted molar refractivity (Wildman–Crippen MR) is 51.5 cm³/mol. The van der Waals surface area contributed by atoms with E-state index in [0.717, 1.165) is 0 Å². The second-order valence-electron chi connectivity index (χ2n) is 2.56. The molecule has 0 aromatic heterocycles. The van der Waals surface area contributed by atoms with E-state index in [2.05, 4.69) is 4.36 Å². The third kappa shape index (κ3) is 1.76. The van der Waals surface area contributed by atoms with Crippen LogP contribution in [0.2, 0.25) is 0 Å². The molecule has 0 aliphatic carbocycles. The molecule has 0 saturated heterocycles. The molecule has 1 aromatic rings. The molecule has 0 amide bonds. The molecule has 1 aromatic carbocycles. The van der Waals surface area contributed by atoms with Gasteiger partial charge in [0.25, 0.3) is 0 Å². The minimum Gasteiger partial charge on any atom is -0.399 e. The average Bonchev–Trinajstić information content (AvgIpc) is 2.05. The van der Waals surface area contributed by atoms with Gasteiger partial charge in [-0.2, -0.15) is 0 Å². The van der Waals surface area contributed by atoms with Crippen molar-refractivity contribution in [2.75, 3.05) is 19.0 Å². The van der Waals surface area contributed by atoms with E-state index in [1.807, 2.05) is 0 Å². The number of nitrogens with zero attached hydrogens (tertiary/aromatic N) is 1. The molecule has 4 heteroatoms. The maximum Gasteiger partial charge on any atom is 0.0721 e. The van der Waals surface area contributed by atoms with Crippen LogP contribution in [0.4, 0.5) is 5.69 Å². The van der Waals surface area contributed by atoms with Crippen LogP contribution in [0.1, 0.15) is 0 Å². The highest BCUT2D eigenvalue weighted by molar-refractivity contribution is 7.93. The first-order chi connectivity index (χ1) is 5.56. The molecule has 3 nitrogen and oxygen atoms in total. The molecule has 1 atom stereocenters. The first kappa shape index (κ1) is 9.06. The number of hydrogen-bond acceptors (Lipinski definition) is 3. The van der Waals surface area contributed by atoms with Crippen LogP contribution in [-0.2, 0) is 9.73 Å². The Morgan fingerprint density at radius 3 is 2.67 bits per heavy atom. The Hall–Kier alpha value is -1.03. The Labute approximate surface area is 72.8 Å². The van der Waals surface area contributed by atoms with Gasteiger partial charge in [0.2, 0.25) is 0 Å². The van der Waals surface area contributed by atoms with Gasteiger partial charge < -0.3 is 5.73 Å². The SMILES string of the molecule is CN=S(C)(=O)c1cccc(N)c1. The molecule has 0 fully saturated rings. The van der Waals surface area contributed by atoms with Gasteiger partial charge in [-0.3, -0.25) is 0 Å². The van der Waals surface area contributed by atoms with Crippen molar-refractivity contribution in [3.8, 4) is 0 Å². The smallest absolute Gasteiger partial charge is 0.0721 e. The van der Waals surface area contributed by atoms with Gasteiger partial charge in [-0.15, -0.1) is 0 Å². The molecule has 2 N–H and O–H groups in total. The van der Waals surface area contributed by atoms with Crippen LogP contribution >= 0.6 is 0 Å². The van der Waals surface area contributed by atoms with Crippen molar-refractivity contribution >= 4 is 15.4 Å². The highest BCUT2D eigenvalue weighted by Gasteiger charge is 2.03. The summed E-state index contributed by atoms with van der Waals surface area (Å²) in [4.78, 5) is 0.685. The van der Waals surface area contributed by atoms with Crippen LogP contribution in [0.25, 0.3) is 0 Å². The molecule has 1 rings (SSSR count). The summed E-state index contributed by atoms with van der Waals surface area (Å²) in [5.41, 5.74) is 6.16. The Kier molecular flexibility index (Phi) is 2.38. The van der Waals surface area contributed by atoms with Gasteiger partial charge in [-0.05, 0) is 18.2 Å². The van der Waals surface area contributed by atoms with Gasteiger partial charge in [-0.1, -0.05) is 6.07 Å². The van der Waals surface area contributed by atoms with E-state index >= 15 is 0 Å². The molecule has 12 heavy (non-hydrogen) atoms. The average molecular weight is 184 g/mol. The Bertz CT molecular complexity index is 392. The lowest BCUT2D eigenvalue weighted by Gasteiger charge is -2.02. The fourth-order valence-electron chi connectivity index (χ4n) is 0.856. The second kappa shape index (κ2) is 3.15. The van der Waals surface area contributed by atoms with Crippen molar-refractivity contribution in [3.05, 3.63) is 24.3 Å². The highest BCUT2D eigenvalue weighted by atomic mass is 32.2. The lowest BCUT2D eigenvalue weighted by molar-refractivity contribution is 0.680. The summed E-state index contributed by atoms with van der Waals surface area (Å²) in [6, 6.07) is 6.99. The van der Waals surface area contributed by atoms with E-state index in [-0.39, 0.29) is 0 Å². The number of nitrogen functional groups attached to an aromatic ring is 1. The standard InChI is InChI=1S/C8H12N2OS/c1-10-12(2,11)8-5-3-4-7(9)6-8/h3-6H,9H2,1-2H3. The number of rotatable bonds is 1. The van der Waals surface area contributed by atoms with Gasteiger partial charge in [0, 0.05) is 23.9 Å². The summed E-state index contributed by atoms with van der Waals surface area (Å²) < 4.78 is 15.5. The highest BCUT2D eigenvalue weighted by Crippen LogP contribution is 2.13. The van der Waals surface area contributed by atoms with Crippen molar-refractivity contribution in [2.45, 2.75) is 4.90 Å². The van der Waals surface area contributed by atoms with E-state index in [9.17, 15) is 4.21 Å². The van der Waals surface area contributed by atoms with Crippen molar-refractivity contribution in [3.63, 3.8) is 0 Å². The Morgan fingerprint density at radius 1 is 1.50 bits per heavy atom. The number of nitrogens with two attached hydrogens (primary N) is 1. The summed E-state index contributed by atoms with van der Waals surface area (Å²) in [5.74, 6) is 0. The minimum atomic E-state index is -2.23. The monoisotopic (exact) mass is 184 g/mol. The fourth-order valence-corrected chi connectivity index (χ4v) is 1.75. The quantitative estimate of drug-likeness (QED) is 0.670. The molecule has 1 unspecified atom stereocenters. The molecule has 0 heterocycles. The Balaban J connectivity index is 3.31. The summed E-state index contributed by atoms with van der Waals surface area (Å²) >= 11 is 0. The third-order valence-corrected chi connectivity index (χ3v) is 3.47. The summed E-state index contributed by atoms with van der Waals surface area (Å²) in [7, 11) is -0.679. The van der Waals surface area contributed by atoms with Crippen molar-refractivity contribution in [1.29, 1.82) is 0 Å². The molecule has 0 saturated carbocycles. The zero-order valence-electron chi connectivity index (χ0n) is 7.15.